The molecule has 0 unspecified atom stereocenters. The lowest BCUT2D eigenvalue weighted by Crippen LogP contribution is -2.18. The Kier molecular flexibility index (Phi) is 7.60. The molecule has 0 N–H and O–H groups in total. The fourth-order valence-electron chi connectivity index (χ4n) is 7.05. The molecule has 0 saturated heterocycles. The molecule has 0 amide bonds. The molecule has 3 aliphatic carbocycles. The van der Waals surface area contributed by atoms with Gasteiger partial charge >= 0.3 is 0 Å². The lowest BCUT2D eigenvalue weighted by atomic mass is 9.74. The van der Waals surface area contributed by atoms with Gasteiger partial charge in [-0.15, -0.1) is 6.58 Å². The molecule has 2 saturated carbocycles. The molecule has 2 aromatic carbocycles. The minimum absolute atomic E-state index is 0.00923. The Hall–Kier alpha value is -2.10. The third-order valence-electron chi connectivity index (χ3n) is 9.33. The molecule has 0 aliphatic heterocycles. The van der Waals surface area contributed by atoms with E-state index in [0.29, 0.717) is 41.9 Å². The second-order valence-corrected chi connectivity index (χ2v) is 11.8. The highest BCUT2D eigenvalue weighted by molar-refractivity contribution is 5.79. The van der Waals surface area contributed by atoms with Crippen molar-refractivity contribution in [1.82, 2.24) is 0 Å². The first-order valence-electron chi connectivity index (χ1n) is 14.0. The van der Waals surface area contributed by atoms with Crippen LogP contribution in [0.2, 0.25) is 0 Å². The minimum atomic E-state index is -1.07. The maximum atomic E-state index is 15.4. The highest BCUT2D eigenvalue weighted by atomic mass is 19.2. The molecule has 5 rings (SSSR count). The molecule has 36 heavy (non-hydrogen) atoms. The summed E-state index contributed by atoms with van der Waals surface area (Å²) < 4.78 is 60.4. The van der Waals surface area contributed by atoms with E-state index in [0.717, 1.165) is 37.5 Å². The zero-order chi connectivity index (χ0) is 25.4. The molecule has 0 bridgehead atoms. The van der Waals surface area contributed by atoms with E-state index in [1.54, 1.807) is 18.2 Å². The first kappa shape index (κ1) is 25.5. The summed E-state index contributed by atoms with van der Waals surface area (Å²) in [5, 5.41) is 0. The quantitative estimate of drug-likeness (QED) is 0.225. The molecule has 0 spiro atoms. The van der Waals surface area contributed by atoms with Gasteiger partial charge in [-0.3, -0.25) is 0 Å². The number of hydrogen-bond acceptors (Lipinski definition) is 0. The normalized spacial score (nSPS) is 25.5. The van der Waals surface area contributed by atoms with Gasteiger partial charge < -0.3 is 0 Å². The van der Waals surface area contributed by atoms with E-state index in [1.807, 2.05) is 0 Å². The van der Waals surface area contributed by atoms with Crippen molar-refractivity contribution >= 4 is 0 Å². The molecule has 194 valence electrons. The second-order valence-electron chi connectivity index (χ2n) is 11.8. The molecule has 2 fully saturated rings. The Balaban J connectivity index is 1.29. The molecular weight excluding hydrogens is 460 g/mol. The van der Waals surface area contributed by atoms with Crippen LogP contribution in [0.4, 0.5) is 17.6 Å². The van der Waals surface area contributed by atoms with E-state index >= 15 is 13.2 Å². The molecule has 3 aliphatic rings. The summed E-state index contributed by atoms with van der Waals surface area (Å²) in [4.78, 5) is 0. The summed E-state index contributed by atoms with van der Waals surface area (Å²) in [5.74, 6) is -1.52. The van der Waals surface area contributed by atoms with Gasteiger partial charge in [-0.2, -0.15) is 0 Å². The smallest absolute Gasteiger partial charge is 0.167 e. The Morgan fingerprint density at radius 3 is 1.92 bits per heavy atom. The first-order valence-corrected chi connectivity index (χ1v) is 14.0. The fraction of sp³-hybridized carbons (Fsp3) is 0.562. The Bertz CT molecular complexity index is 1120. The van der Waals surface area contributed by atoms with E-state index in [2.05, 4.69) is 13.5 Å². The topological polar surface area (TPSA) is 0 Å². The van der Waals surface area contributed by atoms with E-state index in [1.165, 1.54) is 38.5 Å². The Morgan fingerprint density at radius 1 is 0.750 bits per heavy atom. The predicted octanol–water partition coefficient (Wildman–Crippen LogP) is 9.81. The van der Waals surface area contributed by atoms with Crippen LogP contribution >= 0.6 is 0 Å². The lowest BCUT2D eigenvalue weighted by molar-refractivity contribution is 0.236. The average molecular weight is 499 g/mol. The van der Waals surface area contributed by atoms with Gasteiger partial charge in [0.15, 0.2) is 23.3 Å². The molecule has 0 atom stereocenters. The van der Waals surface area contributed by atoms with Gasteiger partial charge in [0.25, 0.3) is 0 Å². The van der Waals surface area contributed by atoms with Gasteiger partial charge in [0.1, 0.15) is 0 Å². The van der Waals surface area contributed by atoms with Crippen LogP contribution in [0.3, 0.4) is 0 Å². The summed E-state index contributed by atoms with van der Waals surface area (Å²) in [7, 11) is 0. The summed E-state index contributed by atoms with van der Waals surface area (Å²) >= 11 is 0. The third kappa shape index (κ3) is 4.89. The number of halogens is 4. The predicted molar refractivity (Wildman–Crippen MR) is 138 cm³/mol. The number of aryl methyl sites for hydroxylation is 1. The van der Waals surface area contributed by atoms with Gasteiger partial charge in [0.05, 0.1) is 0 Å². The molecule has 0 radical (unpaired) electrons. The number of allylic oxidation sites excluding steroid dienone is 1. The Morgan fingerprint density at radius 2 is 1.31 bits per heavy atom. The van der Waals surface area contributed by atoms with Gasteiger partial charge in [-0.25, -0.2) is 17.6 Å². The van der Waals surface area contributed by atoms with Crippen molar-refractivity contribution in [3.8, 4) is 11.1 Å². The summed E-state index contributed by atoms with van der Waals surface area (Å²) in [5.41, 5.74) is 1.61. The van der Waals surface area contributed by atoms with Crippen LogP contribution in [-0.4, -0.2) is 0 Å². The highest BCUT2D eigenvalue weighted by Gasteiger charge is 2.34. The molecular formula is C32H38F4. The molecule has 0 nitrogen and oxygen atoms in total. The monoisotopic (exact) mass is 498 g/mol. The number of rotatable bonds is 7. The number of fused-ring (bicyclic) bond motifs is 3. The lowest BCUT2D eigenvalue weighted by Gasteiger charge is -2.31. The number of benzene rings is 2. The second kappa shape index (κ2) is 10.7. The van der Waals surface area contributed by atoms with Crippen molar-refractivity contribution < 1.29 is 17.6 Å². The van der Waals surface area contributed by atoms with Crippen LogP contribution < -0.4 is 0 Å². The summed E-state index contributed by atoms with van der Waals surface area (Å²) in [6.45, 7) is 5.99. The van der Waals surface area contributed by atoms with Crippen LogP contribution in [0.25, 0.3) is 11.1 Å². The van der Waals surface area contributed by atoms with Crippen molar-refractivity contribution in [3.63, 3.8) is 0 Å². The first-order chi connectivity index (χ1) is 17.4. The van der Waals surface area contributed by atoms with Crippen LogP contribution in [0.1, 0.15) is 106 Å². The van der Waals surface area contributed by atoms with Crippen LogP contribution in [0.15, 0.2) is 24.8 Å². The fourth-order valence-corrected chi connectivity index (χ4v) is 7.05. The van der Waals surface area contributed by atoms with Gasteiger partial charge in [-0.1, -0.05) is 63.7 Å². The van der Waals surface area contributed by atoms with Crippen molar-refractivity contribution in [2.75, 3.05) is 0 Å². The third-order valence-corrected chi connectivity index (χ3v) is 9.33. The summed E-state index contributed by atoms with van der Waals surface area (Å²) in [6, 6.07) is 3.36. The summed E-state index contributed by atoms with van der Waals surface area (Å²) in [6.07, 6.45) is 14.7. The van der Waals surface area contributed by atoms with Crippen molar-refractivity contribution in [2.24, 2.45) is 17.8 Å². The van der Waals surface area contributed by atoms with E-state index < -0.39 is 23.3 Å². The highest BCUT2D eigenvalue weighted by Crippen LogP contribution is 2.47. The van der Waals surface area contributed by atoms with Crippen LogP contribution in [0, 0.1) is 41.0 Å². The molecule has 4 heteroatoms. The zero-order valence-electron chi connectivity index (χ0n) is 21.5. The molecule has 0 aromatic heterocycles. The maximum Gasteiger partial charge on any atom is 0.167 e. The molecule has 2 aromatic rings. The van der Waals surface area contributed by atoms with Gasteiger partial charge in [0, 0.05) is 11.1 Å². The van der Waals surface area contributed by atoms with Gasteiger partial charge in [-0.05, 0) is 90.9 Å². The minimum Gasteiger partial charge on any atom is -0.203 e. The van der Waals surface area contributed by atoms with E-state index in [4.69, 9.17) is 0 Å². The average Bonchev–Trinajstić information content (AvgIpc) is 3.26. The number of hydrogen-bond donors (Lipinski definition) is 0. The van der Waals surface area contributed by atoms with E-state index in [9.17, 15) is 4.39 Å². The van der Waals surface area contributed by atoms with Crippen molar-refractivity contribution in [3.05, 3.63) is 70.3 Å². The van der Waals surface area contributed by atoms with E-state index in [-0.39, 0.29) is 22.6 Å². The van der Waals surface area contributed by atoms with Crippen molar-refractivity contribution in [1.29, 1.82) is 0 Å². The standard InChI is InChI=1S/C32H38F4/c1-3-4-5-23-16-24-17-25-18-26(30(34)32(36)28(25)27(24)31(35)29(23)33)22-14-12-21(13-15-22)11-10-20-8-6-19(2)7-9-20/h3,16,18-22H,1,4-15,17H2,2H3. The molecule has 0 heterocycles. The Labute approximate surface area is 213 Å². The maximum absolute atomic E-state index is 15.4. The van der Waals surface area contributed by atoms with Crippen LogP contribution in [-0.2, 0) is 12.8 Å². The van der Waals surface area contributed by atoms with Crippen molar-refractivity contribution in [2.45, 2.75) is 96.3 Å². The van der Waals surface area contributed by atoms with Crippen LogP contribution in [0.5, 0.6) is 0 Å². The largest absolute Gasteiger partial charge is 0.203 e. The zero-order valence-corrected chi connectivity index (χ0v) is 21.5. The SMILES string of the molecule is C=CCCc1cc2c(c(F)c1F)-c1c(cc(C3CCC(CCC4CCC(C)CC4)CC3)c(F)c1F)C2. The van der Waals surface area contributed by atoms with Gasteiger partial charge in [0.2, 0.25) is 0 Å².